The zero-order valence-electron chi connectivity index (χ0n) is 12.0. The van der Waals surface area contributed by atoms with Crippen LogP contribution >= 0.6 is 0 Å². The number of rotatable bonds is 4. The molecule has 2 aromatic carbocycles. The lowest BCUT2D eigenvalue weighted by molar-refractivity contribution is 0.588. The van der Waals surface area contributed by atoms with Gasteiger partial charge in [0, 0.05) is 18.2 Å². The van der Waals surface area contributed by atoms with Gasteiger partial charge < -0.3 is 5.32 Å². The van der Waals surface area contributed by atoms with Crippen LogP contribution in [-0.4, -0.2) is 6.04 Å². The molecule has 0 radical (unpaired) electrons. The maximum atomic E-state index is 13.8. The van der Waals surface area contributed by atoms with Crippen molar-refractivity contribution in [1.82, 2.24) is 5.32 Å². The Bertz CT molecular complexity index is 606. The SMILES string of the molecule is Cc1cc(CNC(C)C)ccc1-c1cc(F)ccc1F. The molecule has 1 N–H and O–H groups in total. The van der Waals surface area contributed by atoms with Gasteiger partial charge in [0.15, 0.2) is 0 Å². The van der Waals surface area contributed by atoms with Crippen LogP contribution in [0.2, 0.25) is 0 Å². The number of benzene rings is 2. The molecule has 20 heavy (non-hydrogen) atoms. The quantitative estimate of drug-likeness (QED) is 0.870. The summed E-state index contributed by atoms with van der Waals surface area (Å²) >= 11 is 0. The van der Waals surface area contributed by atoms with E-state index in [4.69, 9.17) is 0 Å². The minimum atomic E-state index is -0.425. The predicted molar refractivity (Wildman–Crippen MR) is 78.5 cm³/mol. The molecule has 0 aliphatic heterocycles. The summed E-state index contributed by atoms with van der Waals surface area (Å²) in [6, 6.07) is 9.76. The van der Waals surface area contributed by atoms with Crippen molar-refractivity contribution in [3.8, 4) is 11.1 Å². The number of aryl methyl sites for hydroxylation is 1. The van der Waals surface area contributed by atoms with Gasteiger partial charge in [0.1, 0.15) is 11.6 Å². The van der Waals surface area contributed by atoms with Crippen molar-refractivity contribution in [2.45, 2.75) is 33.4 Å². The van der Waals surface area contributed by atoms with Crippen molar-refractivity contribution in [1.29, 1.82) is 0 Å². The van der Waals surface area contributed by atoms with E-state index in [1.807, 2.05) is 25.1 Å². The first kappa shape index (κ1) is 14.7. The number of hydrogen-bond donors (Lipinski definition) is 1. The maximum absolute atomic E-state index is 13.8. The van der Waals surface area contributed by atoms with Crippen molar-refractivity contribution in [3.63, 3.8) is 0 Å². The normalized spacial score (nSPS) is 11.1. The Labute approximate surface area is 118 Å². The Kier molecular flexibility index (Phi) is 4.50. The molecule has 0 aromatic heterocycles. The average Bonchev–Trinajstić information content (AvgIpc) is 2.39. The molecule has 1 nitrogen and oxygen atoms in total. The smallest absolute Gasteiger partial charge is 0.131 e. The Balaban J connectivity index is 2.32. The van der Waals surface area contributed by atoms with Gasteiger partial charge in [-0.3, -0.25) is 0 Å². The molecule has 0 saturated heterocycles. The Morgan fingerprint density at radius 2 is 1.75 bits per heavy atom. The first-order valence-electron chi connectivity index (χ1n) is 6.75. The van der Waals surface area contributed by atoms with Crippen LogP contribution in [-0.2, 0) is 6.54 Å². The molecule has 0 amide bonds. The van der Waals surface area contributed by atoms with Gasteiger partial charge >= 0.3 is 0 Å². The molecular formula is C17H19F2N. The molecule has 0 aliphatic carbocycles. The number of nitrogens with one attached hydrogen (secondary N) is 1. The van der Waals surface area contributed by atoms with Crippen molar-refractivity contribution in [3.05, 3.63) is 59.2 Å². The molecule has 0 aliphatic rings. The molecule has 106 valence electrons. The highest BCUT2D eigenvalue weighted by Crippen LogP contribution is 2.27. The van der Waals surface area contributed by atoms with Crippen LogP contribution in [0.25, 0.3) is 11.1 Å². The lowest BCUT2D eigenvalue weighted by Gasteiger charge is -2.12. The summed E-state index contributed by atoms with van der Waals surface area (Å²) in [6.45, 7) is 6.86. The van der Waals surface area contributed by atoms with Gasteiger partial charge in [-0.25, -0.2) is 8.78 Å². The van der Waals surface area contributed by atoms with E-state index in [1.165, 1.54) is 12.1 Å². The van der Waals surface area contributed by atoms with Crippen molar-refractivity contribution in [2.24, 2.45) is 0 Å². The third-order valence-electron chi connectivity index (χ3n) is 3.22. The molecule has 2 rings (SSSR count). The molecule has 2 aromatic rings. The largest absolute Gasteiger partial charge is 0.310 e. The van der Waals surface area contributed by atoms with E-state index in [2.05, 4.69) is 19.2 Å². The Morgan fingerprint density at radius 3 is 2.40 bits per heavy atom. The van der Waals surface area contributed by atoms with Gasteiger partial charge in [0.2, 0.25) is 0 Å². The van der Waals surface area contributed by atoms with Crippen molar-refractivity contribution >= 4 is 0 Å². The van der Waals surface area contributed by atoms with Crippen LogP contribution in [0, 0.1) is 18.6 Å². The highest BCUT2D eigenvalue weighted by molar-refractivity contribution is 5.68. The molecule has 0 bridgehead atoms. The zero-order chi connectivity index (χ0) is 14.7. The van der Waals surface area contributed by atoms with E-state index < -0.39 is 11.6 Å². The summed E-state index contributed by atoms with van der Waals surface area (Å²) in [5, 5.41) is 3.33. The monoisotopic (exact) mass is 275 g/mol. The van der Waals surface area contributed by atoms with Gasteiger partial charge in [-0.15, -0.1) is 0 Å². The van der Waals surface area contributed by atoms with E-state index in [9.17, 15) is 8.78 Å². The van der Waals surface area contributed by atoms with Gasteiger partial charge in [-0.2, -0.15) is 0 Å². The summed E-state index contributed by atoms with van der Waals surface area (Å²) in [7, 11) is 0. The van der Waals surface area contributed by atoms with Crippen LogP contribution in [0.5, 0.6) is 0 Å². The highest BCUT2D eigenvalue weighted by Gasteiger charge is 2.09. The number of halogens is 2. The van der Waals surface area contributed by atoms with E-state index in [0.717, 1.165) is 29.3 Å². The van der Waals surface area contributed by atoms with Crippen LogP contribution in [0.15, 0.2) is 36.4 Å². The van der Waals surface area contributed by atoms with Gasteiger partial charge in [0.25, 0.3) is 0 Å². The average molecular weight is 275 g/mol. The topological polar surface area (TPSA) is 12.0 Å². The second-order valence-corrected chi connectivity index (χ2v) is 5.31. The van der Waals surface area contributed by atoms with Crippen LogP contribution in [0.4, 0.5) is 8.78 Å². The zero-order valence-corrected chi connectivity index (χ0v) is 12.0. The molecule has 0 fully saturated rings. The van der Waals surface area contributed by atoms with Gasteiger partial charge in [-0.05, 0) is 41.8 Å². The van der Waals surface area contributed by atoms with Gasteiger partial charge in [-0.1, -0.05) is 32.0 Å². The second-order valence-electron chi connectivity index (χ2n) is 5.31. The summed E-state index contributed by atoms with van der Waals surface area (Å²) < 4.78 is 27.1. The first-order chi connectivity index (χ1) is 9.47. The van der Waals surface area contributed by atoms with E-state index in [1.54, 1.807) is 0 Å². The van der Waals surface area contributed by atoms with Crippen molar-refractivity contribution in [2.75, 3.05) is 0 Å². The maximum Gasteiger partial charge on any atom is 0.131 e. The summed E-state index contributed by atoms with van der Waals surface area (Å²) in [4.78, 5) is 0. The Hall–Kier alpha value is -1.74. The fraction of sp³-hybridized carbons (Fsp3) is 0.294. The van der Waals surface area contributed by atoms with Crippen LogP contribution in [0.1, 0.15) is 25.0 Å². The van der Waals surface area contributed by atoms with E-state index >= 15 is 0 Å². The molecule has 0 atom stereocenters. The highest BCUT2D eigenvalue weighted by atomic mass is 19.1. The third kappa shape index (κ3) is 3.42. The molecule has 0 spiro atoms. The van der Waals surface area contributed by atoms with Crippen LogP contribution in [0.3, 0.4) is 0 Å². The fourth-order valence-corrected chi connectivity index (χ4v) is 2.16. The van der Waals surface area contributed by atoms with E-state index in [-0.39, 0.29) is 0 Å². The van der Waals surface area contributed by atoms with Crippen LogP contribution < -0.4 is 5.32 Å². The van der Waals surface area contributed by atoms with E-state index in [0.29, 0.717) is 11.6 Å². The Morgan fingerprint density at radius 1 is 1.00 bits per heavy atom. The fourth-order valence-electron chi connectivity index (χ4n) is 2.16. The second kappa shape index (κ2) is 6.14. The summed E-state index contributed by atoms with van der Waals surface area (Å²) in [5.41, 5.74) is 3.12. The lowest BCUT2D eigenvalue weighted by atomic mass is 9.98. The summed E-state index contributed by atoms with van der Waals surface area (Å²) in [5.74, 6) is -0.825. The molecule has 3 heteroatoms. The van der Waals surface area contributed by atoms with Gasteiger partial charge in [0.05, 0.1) is 0 Å². The third-order valence-corrected chi connectivity index (χ3v) is 3.22. The molecule has 0 heterocycles. The number of hydrogen-bond acceptors (Lipinski definition) is 1. The minimum absolute atomic E-state index is 0.311. The molecule has 0 saturated carbocycles. The standard InChI is InChI=1S/C17H19F2N/c1-11(2)20-10-13-4-6-15(12(3)8-13)16-9-14(18)5-7-17(16)19/h4-9,11,20H,10H2,1-3H3. The molecule has 0 unspecified atom stereocenters. The molecular weight excluding hydrogens is 256 g/mol. The predicted octanol–water partition coefficient (Wildman–Crippen LogP) is 4.44. The lowest BCUT2D eigenvalue weighted by Crippen LogP contribution is -2.21. The summed E-state index contributed by atoms with van der Waals surface area (Å²) in [6.07, 6.45) is 0. The first-order valence-corrected chi connectivity index (χ1v) is 6.75. The van der Waals surface area contributed by atoms with Crippen molar-refractivity contribution < 1.29 is 8.78 Å². The minimum Gasteiger partial charge on any atom is -0.310 e.